The van der Waals surface area contributed by atoms with E-state index >= 15 is 0 Å². The summed E-state index contributed by atoms with van der Waals surface area (Å²) in [5, 5.41) is 14.6. The first kappa shape index (κ1) is 15.8. The van der Waals surface area contributed by atoms with E-state index in [0.717, 1.165) is 0 Å². The molecule has 7 heteroatoms. The number of urea groups is 1. The highest BCUT2D eigenvalue weighted by molar-refractivity contribution is 5.95. The van der Waals surface area contributed by atoms with E-state index in [1.54, 1.807) is 19.1 Å². The van der Waals surface area contributed by atoms with Crippen molar-refractivity contribution in [3.8, 4) is 5.75 Å². The maximum atomic E-state index is 12.3. The third-order valence-corrected chi connectivity index (χ3v) is 3.24. The number of phenolic OH excluding ortho intramolecular Hbond substituents is 1. The van der Waals surface area contributed by atoms with Gasteiger partial charge in [-0.25, -0.2) is 9.59 Å². The molecule has 0 aliphatic carbocycles. The molecule has 1 aromatic carbocycles. The van der Waals surface area contributed by atoms with Gasteiger partial charge in [-0.15, -0.1) is 0 Å². The zero-order chi connectivity index (χ0) is 16.1. The van der Waals surface area contributed by atoms with Crippen molar-refractivity contribution in [1.29, 1.82) is 0 Å². The van der Waals surface area contributed by atoms with Crippen LogP contribution in [0.1, 0.15) is 18.5 Å². The van der Waals surface area contributed by atoms with Gasteiger partial charge in [0.25, 0.3) is 0 Å². The lowest BCUT2D eigenvalue weighted by atomic mass is 9.95. The Hall–Kier alpha value is -2.54. The Labute approximate surface area is 127 Å². The predicted octanol–water partition coefficient (Wildman–Crippen LogP) is 1.21. The average Bonchev–Trinajstić information content (AvgIpc) is 2.47. The number of carbonyl (C=O) groups excluding carboxylic acids is 2. The second-order valence-electron chi connectivity index (χ2n) is 4.79. The van der Waals surface area contributed by atoms with Crippen LogP contribution in [0.2, 0.25) is 0 Å². The first-order chi connectivity index (χ1) is 10.5. The molecule has 2 amide bonds. The number of allylic oxidation sites excluding steroid dienone is 1. The van der Waals surface area contributed by atoms with Crippen LogP contribution in [-0.4, -0.2) is 37.4 Å². The lowest BCUT2D eigenvalue weighted by Gasteiger charge is -2.28. The van der Waals surface area contributed by atoms with Crippen LogP contribution in [0.25, 0.3) is 0 Å². The second kappa shape index (κ2) is 6.95. The molecule has 0 saturated heterocycles. The zero-order valence-electron chi connectivity index (χ0n) is 12.4. The lowest BCUT2D eigenvalue weighted by molar-refractivity contribution is -0.140. The molecule has 0 unspecified atom stereocenters. The molecule has 1 atom stereocenters. The molecular weight excluding hydrogens is 288 g/mol. The predicted molar refractivity (Wildman–Crippen MR) is 78.1 cm³/mol. The van der Waals surface area contributed by atoms with Crippen molar-refractivity contribution in [2.24, 2.45) is 0 Å². The van der Waals surface area contributed by atoms with Crippen LogP contribution in [0, 0.1) is 0 Å². The molecule has 7 nitrogen and oxygen atoms in total. The van der Waals surface area contributed by atoms with Crippen LogP contribution in [0.15, 0.2) is 35.5 Å². The summed E-state index contributed by atoms with van der Waals surface area (Å²) in [4.78, 5) is 23.9. The number of methoxy groups -OCH3 is 1. The monoisotopic (exact) mass is 306 g/mol. The third-order valence-electron chi connectivity index (χ3n) is 3.24. The molecule has 0 radical (unpaired) electrons. The summed E-state index contributed by atoms with van der Waals surface area (Å²) in [5.41, 5.74) is 1.43. The van der Waals surface area contributed by atoms with Gasteiger partial charge < -0.3 is 25.2 Å². The van der Waals surface area contributed by atoms with Gasteiger partial charge in [-0.2, -0.15) is 0 Å². The molecule has 0 bridgehead atoms. The standard InChI is InChI=1S/C15H18N2O5/c1-9-12(14(19)22-8-7-21-2)13(17-15(20)16-9)10-3-5-11(18)6-4-10/h3-6,13,18H,7-8H2,1-2H3,(H2,16,17,20)/t13-/m0/s1. The first-order valence-electron chi connectivity index (χ1n) is 6.76. The summed E-state index contributed by atoms with van der Waals surface area (Å²) in [6.45, 7) is 2.06. The molecule has 1 aliphatic rings. The maximum Gasteiger partial charge on any atom is 0.338 e. The van der Waals surface area contributed by atoms with Crippen molar-refractivity contribution in [1.82, 2.24) is 10.6 Å². The summed E-state index contributed by atoms with van der Waals surface area (Å²) >= 11 is 0. The number of hydrogen-bond acceptors (Lipinski definition) is 5. The molecule has 2 rings (SSSR count). The average molecular weight is 306 g/mol. The fourth-order valence-electron chi connectivity index (χ4n) is 2.18. The summed E-state index contributed by atoms with van der Waals surface area (Å²) in [5.74, 6) is -0.422. The van der Waals surface area contributed by atoms with Gasteiger partial charge in [-0.05, 0) is 24.6 Å². The molecule has 1 heterocycles. The van der Waals surface area contributed by atoms with Gasteiger partial charge in [0.15, 0.2) is 0 Å². The molecule has 1 aromatic rings. The van der Waals surface area contributed by atoms with Gasteiger partial charge in [0.1, 0.15) is 12.4 Å². The number of esters is 1. The van der Waals surface area contributed by atoms with Crippen LogP contribution in [0.5, 0.6) is 5.75 Å². The highest BCUT2D eigenvalue weighted by Crippen LogP contribution is 2.28. The molecule has 1 aliphatic heterocycles. The molecule has 0 fully saturated rings. The van der Waals surface area contributed by atoms with Crippen molar-refractivity contribution in [3.63, 3.8) is 0 Å². The van der Waals surface area contributed by atoms with E-state index in [0.29, 0.717) is 23.4 Å². The van der Waals surface area contributed by atoms with Gasteiger partial charge in [0, 0.05) is 12.8 Å². The normalized spacial score (nSPS) is 17.7. The fourth-order valence-corrected chi connectivity index (χ4v) is 2.18. The summed E-state index contributed by atoms with van der Waals surface area (Å²) in [6, 6.07) is 5.23. The summed E-state index contributed by atoms with van der Waals surface area (Å²) in [7, 11) is 1.51. The summed E-state index contributed by atoms with van der Waals surface area (Å²) < 4.78 is 9.98. The van der Waals surface area contributed by atoms with E-state index < -0.39 is 18.0 Å². The molecule has 0 saturated carbocycles. The molecule has 0 aromatic heterocycles. The quantitative estimate of drug-likeness (QED) is 0.561. The second-order valence-corrected chi connectivity index (χ2v) is 4.79. The Balaban J connectivity index is 2.28. The number of nitrogens with one attached hydrogen (secondary N) is 2. The lowest BCUT2D eigenvalue weighted by Crippen LogP contribution is -2.45. The van der Waals surface area contributed by atoms with E-state index in [2.05, 4.69) is 10.6 Å². The summed E-state index contributed by atoms with van der Waals surface area (Å²) in [6.07, 6.45) is 0. The number of aromatic hydroxyl groups is 1. The molecular formula is C15H18N2O5. The van der Waals surface area contributed by atoms with Crippen LogP contribution >= 0.6 is 0 Å². The van der Waals surface area contributed by atoms with Crippen LogP contribution in [0.4, 0.5) is 4.79 Å². The van der Waals surface area contributed by atoms with E-state index in [-0.39, 0.29) is 12.4 Å². The van der Waals surface area contributed by atoms with Gasteiger partial charge >= 0.3 is 12.0 Å². The van der Waals surface area contributed by atoms with Gasteiger partial charge in [0.2, 0.25) is 0 Å². The third kappa shape index (κ3) is 3.56. The minimum atomic E-state index is -0.635. The molecule has 0 spiro atoms. The van der Waals surface area contributed by atoms with Gasteiger partial charge in [0.05, 0.1) is 18.2 Å². The van der Waals surface area contributed by atoms with E-state index in [1.165, 1.54) is 19.2 Å². The number of phenols is 1. The molecule has 22 heavy (non-hydrogen) atoms. The Morgan fingerprint density at radius 3 is 2.59 bits per heavy atom. The topological polar surface area (TPSA) is 96.9 Å². The maximum absolute atomic E-state index is 12.3. The first-order valence-corrected chi connectivity index (χ1v) is 6.76. The Kier molecular flexibility index (Phi) is 5.00. The fraction of sp³-hybridized carbons (Fsp3) is 0.333. The van der Waals surface area contributed by atoms with E-state index in [1.807, 2.05) is 0 Å². The molecule has 118 valence electrons. The SMILES string of the molecule is COCCOC(=O)C1=C(C)NC(=O)N[C@H]1c1ccc(O)cc1. The van der Waals surface area contributed by atoms with Crippen LogP contribution in [-0.2, 0) is 14.3 Å². The number of ether oxygens (including phenoxy) is 2. The van der Waals surface area contributed by atoms with Crippen LogP contribution < -0.4 is 10.6 Å². The number of carbonyl (C=O) groups is 2. The van der Waals surface area contributed by atoms with E-state index in [9.17, 15) is 14.7 Å². The highest BCUT2D eigenvalue weighted by Gasteiger charge is 2.32. The van der Waals surface area contributed by atoms with Crippen molar-refractivity contribution in [2.75, 3.05) is 20.3 Å². The Morgan fingerprint density at radius 1 is 1.27 bits per heavy atom. The Morgan fingerprint density at radius 2 is 1.95 bits per heavy atom. The minimum absolute atomic E-state index is 0.105. The molecule has 3 N–H and O–H groups in total. The van der Waals surface area contributed by atoms with Crippen molar-refractivity contribution in [2.45, 2.75) is 13.0 Å². The van der Waals surface area contributed by atoms with Crippen molar-refractivity contribution in [3.05, 3.63) is 41.1 Å². The van der Waals surface area contributed by atoms with Gasteiger partial charge in [-0.3, -0.25) is 0 Å². The largest absolute Gasteiger partial charge is 0.508 e. The number of amides is 2. The van der Waals surface area contributed by atoms with Gasteiger partial charge in [-0.1, -0.05) is 12.1 Å². The highest BCUT2D eigenvalue weighted by atomic mass is 16.6. The van der Waals surface area contributed by atoms with Crippen molar-refractivity contribution >= 4 is 12.0 Å². The van der Waals surface area contributed by atoms with Crippen molar-refractivity contribution < 1.29 is 24.2 Å². The minimum Gasteiger partial charge on any atom is -0.508 e. The Bertz CT molecular complexity index is 594. The number of hydrogen-bond donors (Lipinski definition) is 3. The van der Waals surface area contributed by atoms with Crippen LogP contribution in [0.3, 0.4) is 0 Å². The zero-order valence-corrected chi connectivity index (χ0v) is 12.4. The number of benzene rings is 1. The van der Waals surface area contributed by atoms with E-state index in [4.69, 9.17) is 9.47 Å². The smallest absolute Gasteiger partial charge is 0.338 e. The number of rotatable bonds is 5.